The Balaban J connectivity index is 1.13. The number of benzene rings is 3. The van der Waals surface area contributed by atoms with E-state index in [0.29, 0.717) is 37.2 Å². The van der Waals surface area contributed by atoms with E-state index in [9.17, 15) is 17.1 Å². The van der Waals surface area contributed by atoms with E-state index in [1.165, 1.54) is 11.1 Å². The van der Waals surface area contributed by atoms with Gasteiger partial charge in [-0.1, -0.05) is 54.6 Å². The highest BCUT2D eigenvalue weighted by molar-refractivity contribution is 7.85. The number of halogens is 1. The Hall–Kier alpha value is -3.41. The van der Waals surface area contributed by atoms with E-state index in [-0.39, 0.29) is 18.6 Å². The van der Waals surface area contributed by atoms with Crippen molar-refractivity contribution in [3.63, 3.8) is 0 Å². The monoisotopic (exact) mass is 606 g/mol. The van der Waals surface area contributed by atoms with E-state index in [2.05, 4.69) is 29.2 Å². The largest absolute Gasteiger partial charge is 0.494 e. The first-order valence-corrected chi connectivity index (χ1v) is 16.1. The summed E-state index contributed by atoms with van der Waals surface area (Å²) in [4.78, 5) is 16.9. The van der Waals surface area contributed by atoms with Gasteiger partial charge in [0.25, 0.3) is 0 Å². The number of amides is 1. The number of carbonyl (C=O) groups excluding carboxylic acids is 1. The number of hydrogen-bond acceptors (Lipinski definition) is 7. The summed E-state index contributed by atoms with van der Waals surface area (Å²) in [6.45, 7) is 9.85. The standard InChI is InChI=1S/C32H36BFN2O6S/c1-31(2)32(3,4)42-33(41-31)23-17-22(21-43(34,38)39)18-24(19-23)35-13-15-36(16-14-35)30(37)40-20-29-27-11-7-5-9-25(27)26-10-6-8-12-28(26)29/h5-12,17-19,29H,13-16,20-21H2,1-4H3. The molecular weight excluding hydrogens is 570 g/mol. The quantitative estimate of drug-likeness (QED) is 0.293. The van der Waals surface area contributed by atoms with Gasteiger partial charge >= 0.3 is 23.4 Å². The minimum atomic E-state index is -4.75. The number of rotatable bonds is 6. The zero-order valence-corrected chi connectivity index (χ0v) is 25.7. The van der Waals surface area contributed by atoms with Gasteiger partial charge in [0, 0.05) is 37.8 Å². The van der Waals surface area contributed by atoms with E-state index in [1.807, 2.05) is 58.0 Å². The molecule has 8 nitrogen and oxygen atoms in total. The summed E-state index contributed by atoms with van der Waals surface area (Å²) in [7, 11) is -5.48. The number of nitrogens with zero attached hydrogens (tertiary/aromatic N) is 2. The number of piperazine rings is 1. The predicted molar refractivity (Wildman–Crippen MR) is 165 cm³/mol. The van der Waals surface area contributed by atoms with Crippen LogP contribution in [0, 0.1) is 0 Å². The summed E-state index contributed by atoms with van der Waals surface area (Å²) in [6, 6.07) is 21.6. The molecule has 0 atom stereocenters. The average Bonchev–Trinajstić information content (AvgIpc) is 3.39. The lowest BCUT2D eigenvalue weighted by Crippen LogP contribution is -2.49. The third-order valence-corrected chi connectivity index (χ3v) is 9.78. The SMILES string of the molecule is CC1(C)OB(c2cc(CS(=O)(=O)F)cc(N3CCN(C(=O)OCC4c5ccccc5-c5ccccc54)CC3)c2)OC1(C)C. The van der Waals surface area contributed by atoms with E-state index in [4.69, 9.17) is 14.0 Å². The molecule has 3 aromatic carbocycles. The molecule has 0 radical (unpaired) electrons. The molecule has 43 heavy (non-hydrogen) atoms. The van der Waals surface area contributed by atoms with E-state index in [1.54, 1.807) is 17.0 Å². The van der Waals surface area contributed by atoms with Crippen LogP contribution in [0.25, 0.3) is 11.1 Å². The number of carbonyl (C=O) groups is 1. The molecule has 0 N–H and O–H groups in total. The topological polar surface area (TPSA) is 85.4 Å². The van der Waals surface area contributed by atoms with Gasteiger partial charge in [-0.05, 0) is 73.1 Å². The van der Waals surface area contributed by atoms with Crippen LogP contribution in [0.4, 0.5) is 14.4 Å². The van der Waals surface area contributed by atoms with Crippen molar-refractivity contribution in [3.8, 4) is 11.1 Å². The van der Waals surface area contributed by atoms with Crippen molar-refractivity contribution in [2.75, 3.05) is 37.7 Å². The van der Waals surface area contributed by atoms with Crippen LogP contribution in [0.1, 0.15) is 50.3 Å². The van der Waals surface area contributed by atoms with Crippen LogP contribution in [0.15, 0.2) is 66.7 Å². The lowest BCUT2D eigenvalue weighted by atomic mass is 9.78. The van der Waals surface area contributed by atoms with Gasteiger partial charge in [0.2, 0.25) is 0 Å². The van der Waals surface area contributed by atoms with Gasteiger partial charge in [0.1, 0.15) is 12.4 Å². The Labute approximate surface area is 253 Å². The van der Waals surface area contributed by atoms with Crippen molar-refractivity contribution in [2.45, 2.75) is 50.6 Å². The summed E-state index contributed by atoms with van der Waals surface area (Å²) in [5, 5.41) is 0. The van der Waals surface area contributed by atoms with Gasteiger partial charge in [-0.25, -0.2) is 4.79 Å². The molecule has 11 heteroatoms. The van der Waals surface area contributed by atoms with Gasteiger partial charge in [-0.15, -0.1) is 3.89 Å². The summed E-state index contributed by atoms with van der Waals surface area (Å²) >= 11 is 0. The molecule has 2 heterocycles. The number of fused-ring (bicyclic) bond motifs is 3. The number of ether oxygens (including phenoxy) is 1. The maximum Gasteiger partial charge on any atom is 0.494 e. The van der Waals surface area contributed by atoms with E-state index < -0.39 is 34.3 Å². The highest BCUT2D eigenvalue weighted by Gasteiger charge is 2.52. The Morgan fingerprint density at radius 1 is 0.907 bits per heavy atom. The Bertz CT molecular complexity index is 1590. The smallest absolute Gasteiger partial charge is 0.448 e. The molecule has 3 aromatic rings. The molecule has 6 rings (SSSR count). The van der Waals surface area contributed by atoms with Crippen molar-refractivity contribution in [2.24, 2.45) is 0 Å². The van der Waals surface area contributed by atoms with Crippen molar-refractivity contribution in [1.82, 2.24) is 4.90 Å². The normalized spacial score (nSPS) is 19.3. The van der Waals surface area contributed by atoms with Crippen LogP contribution in [0.3, 0.4) is 0 Å². The first kappa shape index (κ1) is 29.7. The van der Waals surface area contributed by atoms with Gasteiger partial charge in [0.15, 0.2) is 0 Å². The summed E-state index contributed by atoms with van der Waals surface area (Å²) in [5.41, 5.74) is 5.15. The van der Waals surface area contributed by atoms with Gasteiger partial charge in [-0.3, -0.25) is 0 Å². The molecule has 1 aliphatic carbocycles. The van der Waals surface area contributed by atoms with Crippen LogP contribution >= 0.6 is 0 Å². The second kappa shape index (κ2) is 10.9. The van der Waals surface area contributed by atoms with Crippen LogP contribution in [-0.4, -0.2) is 70.5 Å². The zero-order valence-electron chi connectivity index (χ0n) is 24.9. The molecule has 2 saturated heterocycles. The van der Waals surface area contributed by atoms with Crippen LogP contribution < -0.4 is 10.4 Å². The summed E-state index contributed by atoms with van der Waals surface area (Å²) in [6.07, 6.45) is -0.364. The molecule has 0 saturated carbocycles. The first-order valence-electron chi connectivity index (χ1n) is 14.6. The fourth-order valence-electron chi connectivity index (χ4n) is 6.11. The van der Waals surface area contributed by atoms with E-state index in [0.717, 1.165) is 16.8 Å². The predicted octanol–water partition coefficient (Wildman–Crippen LogP) is 4.86. The number of anilines is 1. The molecule has 0 spiro atoms. The second-order valence-electron chi connectivity index (χ2n) is 12.5. The molecule has 0 unspecified atom stereocenters. The molecule has 0 aromatic heterocycles. The van der Waals surface area contributed by atoms with Crippen molar-refractivity contribution >= 4 is 34.6 Å². The molecule has 0 bridgehead atoms. The Kier molecular flexibility index (Phi) is 7.55. The molecular formula is C32H36BFN2O6S. The van der Waals surface area contributed by atoms with Gasteiger partial charge in [-0.2, -0.15) is 8.42 Å². The Morgan fingerprint density at radius 3 is 2.02 bits per heavy atom. The van der Waals surface area contributed by atoms with E-state index >= 15 is 0 Å². The lowest BCUT2D eigenvalue weighted by molar-refractivity contribution is 0.00578. The van der Waals surface area contributed by atoms with Crippen LogP contribution in [-0.2, 0) is 30.0 Å². The molecule has 3 aliphatic rings. The minimum absolute atomic E-state index is 0.0134. The van der Waals surface area contributed by atoms with Crippen LogP contribution in [0.2, 0.25) is 0 Å². The fourth-order valence-corrected chi connectivity index (χ4v) is 6.68. The average molecular weight is 607 g/mol. The maximum absolute atomic E-state index is 13.7. The van der Waals surface area contributed by atoms with Crippen LogP contribution in [0.5, 0.6) is 0 Å². The second-order valence-corrected chi connectivity index (χ2v) is 13.8. The Morgan fingerprint density at radius 2 is 1.47 bits per heavy atom. The highest BCUT2D eigenvalue weighted by atomic mass is 32.3. The van der Waals surface area contributed by atoms with Gasteiger partial charge < -0.3 is 23.8 Å². The highest BCUT2D eigenvalue weighted by Crippen LogP contribution is 2.44. The summed E-state index contributed by atoms with van der Waals surface area (Å²) in [5.74, 6) is -0.756. The lowest BCUT2D eigenvalue weighted by Gasteiger charge is -2.36. The van der Waals surface area contributed by atoms with Crippen molar-refractivity contribution in [1.29, 1.82) is 0 Å². The third kappa shape index (κ3) is 5.90. The zero-order chi connectivity index (χ0) is 30.6. The maximum atomic E-state index is 13.7. The molecule has 2 fully saturated rings. The fraction of sp³-hybridized carbons (Fsp3) is 0.406. The number of hydrogen-bond donors (Lipinski definition) is 0. The summed E-state index contributed by atoms with van der Waals surface area (Å²) < 4.78 is 55.0. The van der Waals surface area contributed by atoms with Crippen molar-refractivity contribution in [3.05, 3.63) is 83.4 Å². The first-order chi connectivity index (χ1) is 20.3. The third-order valence-electron chi connectivity index (χ3n) is 9.10. The minimum Gasteiger partial charge on any atom is -0.448 e. The molecule has 2 aliphatic heterocycles. The van der Waals surface area contributed by atoms with Gasteiger partial charge in [0.05, 0.1) is 11.2 Å². The molecule has 226 valence electrons. The van der Waals surface area contributed by atoms with Crippen molar-refractivity contribution < 1.29 is 31.1 Å². The molecule has 1 amide bonds.